The first-order valence-electron chi connectivity index (χ1n) is 7.13. The fourth-order valence-corrected chi connectivity index (χ4v) is 2.72. The van der Waals surface area contributed by atoms with Crippen LogP contribution < -0.4 is 16.4 Å². The van der Waals surface area contributed by atoms with E-state index < -0.39 is 0 Å². The highest BCUT2D eigenvalue weighted by Crippen LogP contribution is 2.29. The second-order valence-corrected chi connectivity index (χ2v) is 5.33. The van der Waals surface area contributed by atoms with E-state index in [4.69, 9.17) is 16.5 Å². The zero-order chi connectivity index (χ0) is 14.8. The predicted octanol–water partition coefficient (Wildman–Crippen LogP) is 1.88. The number of anilines is 2. The SMILES string of the molecule is CN1c2cc(N)ccc2C(c2ccccc2)=NCC1CN. The van der Waals surface area contributed by atoms with Gasteiger partial charge in [-0.25, -0.2) is 0 Å². The quantitative estimate of drug-likeness (QED) is 0.825. The molecule has 1 heterocycles. The maximum Gasteiger partial charge on any atom is 0.0740 e. The third-order valence-electron chi connectivity index (χ3n) is 3.98. The van der Waals surface area contributed by atoms with E-state index >= 15 is 0 Å². The Hall–Kier alpha value is -2.33. The largest absolute Gasteiger partial charge is 0.399 e. The monoisotopic (exact) mass is 280 g/mol. The minimum absolute atomic E-state index is 0.187. The van der Waals surface area contributed by atoms with E-state index in [-0.39, 0.29) is 6.04 Å². The number of nitrogens with two attached hydrogens (primary N) is 2. The smallest absolute Gasteiger partial charge is 0.0740 e. The third kappa shape index (κ3) is 2.50. The number of likely N-dealkylation sites (N-methyl/N-ethyl adjacent to an activating group) is 1. The molecular formula is C17H20N4. The Labute approximate surface area is 125 Å². The normalized spacial score (nSPS) is 17.9. The molecule has 1 aliphatic rings. The summed E-state index contributed by atoms with van der Waals surface area (Å²) in [6, 6.07) is 16.4. The number of hydrogen-bond donors (Lipinski definition) is 2. The summed E-state index contributed by atoms with van der Waals surface area (Å²) in [6.45, 7) is 1.25. The molecule has 0 spiro atoms. The van der Waals surface area contributed by atoms with E-state index in [9.17, 15) is 0 Å². The lowest BCUT2D eigenvalue weighted by molar-refractivity contribution is 0.653. The molecule has 4 nitrogen and oxygen atoms in total. The molecule has 21 heavy (non-hydrogen) atoms. The Kier molecular flexibility index (Phi) is 3.62. The maximum absolute atomic E-state index is 5.97. The number of aliphatic imine (C=N–C) groups is 1. The van der Waals surface area contributed by atoms with Gasteiger partial charge in [-0.3, -0.25) is 4.99 Å². The first kappa shape index (κ1) is 13.6. The lowest BCUT2D eigenvalue weighted by Gasteiger charge is -2.27. The summed E-state index contributed by atoms with van der Waals surface area (Å²) in [6.07, 6.45) is 0. The molecule has 0 bridgehead atoms. The van der Waals surface area contributed by atoms with Gasteiger partial charge in [-0.15, -0.1) is 0 Å². The van der Waals surface area contributed by atoms with Gasteiger partial charge in [-0.2, -0.15) is 0 Å². The van der Waals surface area contributed by atoms with Gasteiger partial charge in [-0.1, -0.05) is 30.3 Å². The van der Waals surface area contributed by atoms with Gasteiger partial charge in [0.2, 0.25) is 0 Å². The van der Waals surface area contributed by atoms with Crippen LogP contribution in [0.4, 0.5) is 11.4 Å². The van der Waals surface area contributed by atoms with Crippen LogP contribution in [0.25, 0.3) is 0 Å². The zero-order valence-corrected chi connectivity index (χ0v) is 12.2. The molecule has 1 unspecified atom stereocenters. The highest BCUT2D eigenvalue weighted by atomic mass is 15.2. The Balaban J connectivity index is 2.17. The van der Waals surface area contributed by atoms with Crippen molar-refractivity contribution in [2.75, 3.05) is 30.8 Å². The van der Waals surface area contributed by atoms with Crippen LogP contribution in [-0.2, 0) is 0 Å². The molecule has 0 saturated heterocycles. The average molecular weight is 280 g/mol. The van der Waals surface area contributed by atoms with Crippen molar-refractivity contribution in [3.8, 4) is 0 Å². The van der Waals surface area contributed by atoms with Gasteiger partial charge in [0.1, 0.15) is 0 Å². The number of hydrogen-bond acceptors (Lipinski definition) is 4. The molecular weight excluding hydrogens is 260 g/mol. The minimum Gasteiger partial charge on any atom is -0.399 e. The van der Waals surface area contributed by atoms with Crippen LogP contribution in [0.5, 0.6) is 0 Å². The molecule has 0 aliphatic carbocycles. The van der Waals surface area contributed by atoms with E-state index in [1.165, 1.54) is 0 Å². The summed E-state index contributed by atoms with van der Waals surface area (Å²) in [5.41, 5.74) is 16.9. The Morgan fingerprint density at radius 3 is 2.67 bits per heavy atom. The molecule has 0 radical (unpaired) electrons. The molecule has 1 aliphatic heterocycles. The van der Waals surface area contributed by atoms with Crippen molar-refractivity contribution in [3.05, 3.63) is 59.7 Å². The van der Waals surface area contributed by atoms with Crippen LogP contribution in [0, 0.1) is 0 Å². The van der Waals surface area contributed by atoms with Gasteiger partial charge in [0.15, 0.2) is 0 Å². The van der Waals surface area contributed by atoms with Crippen LogP contribution >= 0.6 is 0 Å². The van der Waals surface area contributed by atoms with Crippen molar-refractivity contribution in [1.82, 2.24) is 0 Å². The molecule has 3 rings (SSSR count). The van der Waals surface area contributed by atoms with E-state index in [1.807, 2.05) is 36.4 Å². The second-order valence-electron chi connectivity index (χ2n) is 5.33. The number of benzene rings is 2. The van der Waals surface area contributed by atoms with Gasteiger partial charge in [0.25, 0.3) is 0 Å². The molecule has 4 N–H and O–H groups in total. The lowest BCUT2D eigenvalue weighted by Crippen LogP contribution is -2.39. The van der Waals surface area contributed by atoms with Crippen molar-refractivity contribution >= 4 is 17.1 Å². The van der Waals surface area contributed by atoms with Crippen LogP contribution in [0.3, 0.4) is 0 Å². The van der Waals surface area contributed by atoms with E-state index in [1.54, 1.807) is 0 Å². The van der Waals surface area contributed by atoms with Gasteiger partial charge >= 0.3 is 0 Å². The van der Waals surface area contributed by atoms with Crippen molar-refractivity contribution in [3.63, 3.8) is 0 Å². The van der Waals surface area contributed by atoms with Crippen LogP contribution in [0.15, 0.2) is 53.5 Å². The number of nitrogen functional groups attached to an aromatic ring is 1. The van der Waals surface area contributed by atoms with Crippen molar-refractivity contribution in [1.29, 1.82) is 0 Å². The summed E-state index contributed by atoms with van der Waals surface area (Å²) in [4.78, 5) is 7.01. The molecule has 2 aromatic carbocycles. The number of rotatable bonds is 2. The van der Waals surface area contributed by atoms with Gasteiger partial charge in [0.05, 0.1) is 18.3 Å². The Morgan fingerprint density at radius 2 is 1.95 bits per heavy atom. The maximum atomic E-state index is 5.97. The van der Waals surface area contributed by atoms with Gasteiger partial charge < -0.3 is 16.4 Å². The number of benzodiazepines with no additional fused rings is 1. The van der Waals surface area contributed by atoms with Gasteiger partial charge in [0, 0.05) is 36.1 Å². The molecule has 0 saturated carbocycles. The highest BCUT2D eigenvalue weighted by molar-refractivity contribution is 6.16. The first-order chi connectivity index (χ1) is 10.2. The molecule has 0 amide bonds. The van der Waals surface area contributed by atoms with Crippen LogP contribution in [0.1, 0.15) is 11.1 Å². The summed E-state index contributed by atoms with van der Waals surface area (Å²) >= 11 is 0. The molecule has 0 aromatic heterocycles. The van der Waals surface area contributed by atoms with E-state index in [0.29, 0.717) is 13.1 Å². The third-order valence-corrected chi connectivity index (χ3v) is 3.98. The zero-order valence-electron chi connectivity index (χ0n) is 12.2. The fraction of sp³-hybridized carbons (Fsp3) is 0.235. The standard InChI is InChI=1S/C17H20N4/c1-21-14(10-18)11-20-17(12-5-3-2-4-6-12)15-8-7-13(19)9-16(15)21/h2-9,14H,10-11,18-19H2,1H3. The van der Waals surface area contributed by atoms with E-state index in [2.05, 4.69) is 24.1 Å². The summed E-state index contributed by atoms with van der Waals surface area (Å²) in [7, 11) is 2.05. The summed E-state index contributed by atoms with van der Waals surface area (Å²) < 4.78 is 0. The number of fused-ring (bicyclic) bond motifs is 1. The molecule has 1 atom stereocenters. The van der Waals surface area contributed by atoms with Crippen LogP contribution in [0.2, 0.25) is 0 Å². The fourth-order valence-electron chi connectivity index (χ4n) is 2.72. The lowest BCUT2D eigenvalue weighted by atomic mass is 10.00. The minimum atomic E-state index is 0.187. The Morgan fingerprint density at radius 1 is 1.19 bits per heavy atom. The average Bonchev–Trinajstić information content (AvgIpc) is 2.65. The molecule has 0 fully saturated rings. The van der Waals surface area contributed by atoms with E-state index in [0.717, 1.165) is 28.2 Å². The summed E-state index contributed by atoms with van der Waals surface area (Å²) in [5, 5.41) is 0. The van der Waals surface area contributed by atoms with Crippen molar-refractivity contribution in [2.24, 2.45) is 10.7 Å². The Bertz CT molecular complexity index is 664. The highest BCUT2D eigenvalue weighted by Gasteiger charge is 2.23. The predicted molar refractivity (Wildman–Crippen MR) is 89.0 cm³/mol. The molecule has 2 aromatic rings. The first-order valence-corrected chi connectivity index (χ1v) is 7.13. The molecule has 108 valence electrons. The summed E-state index contributed by atoms with van der Waals surface area (Å²) in [5.74, 6) is 0. The van der Waals surface area contributed by atoms with Crippen molar-refractivity contribution < 1.29 is 0 Å². The van der Waals surface area contributed by atoms with Crippen LogP contribution in [-0.4, -0.2) is 31.9 Å². The van der Waals surface area contributed by atoms with Crippen molar-refractivity contribution in [2.45, 2.75) is 6.04 Å². The van der Waals surface area contributed by atoms with Gasteiger partial charge in [-0.05, 0) is 18.2 Å². The topological polar surface area (TPSA) is 67.6 Å². The number of nitrogens with zero attached hydrogens (tertiary/aromatic N) is 2. The molecule has 4 heteroatoms. The second kappa shape index (κ2) is 5.58.